The molecule has 0 radical (unpaired) electrons. The van der Waals surface area contributed by atoms with Gasteiger partial charge in [0, 0.05) is 23.7 Å². The van der Waals surface area contributed by atoms with E-state index < -0.39 is 10.5 Å². The molecule has 1 atom stereocenters. The zero-order valence-corrected chi connectivity index (χ0v) is 14.0. The Bertz CT molecular complexity index is 523. The van der Waals surface area contributed by atoms with Crippen LogP contribution in [0.4, 0.5) is 5.69 Å². The molecule has 0 bridgehead atoms. The quantitative estimate of drug-likeness (QED) is 0.593. The highest BCUT2D eigenvalue weighted by Gasteiger charge is 2.26. The Morgan fingerprint density at radius 2 is 2.00 bits per heavy atom. The summed E-state index contributed by atoms with van der Waals surface area (Å²) < 4.78 is 0. The molecule has 0 saturated carbocycles. The van der Waals surface area contributed by atoms with Gasteiger partial charge >= 0.3 is 0 Å². The van der Waals surface area contributed by atoms with Gasteiger partial charge < -0.3 is 11.1 Å². The molecule has 0 aliphatic carbocycles. The van der Waals surface area contributed by atoms with Gasteiger partial charge in [-0.1, -0.05) is 32.0 Å². The van der Waals surface area contributed by atoms with Crippen molar-refractivity contribution >= 4 is 24.0 Å². The fourth-order valence-corrected chi connectivity index (χ4v) is 2.48. The van der Waals surface area contributed by atoms with Gasteiger partial charge in [0.1, 0.15) is 0 Å². The van der Waals surface area contributed by atoms with Crippen LogP contribution in [0.15, 0.2) is 24.3 Å². The normalized spacial score (nSPS) is 13.1. The molecule has 6 nitrogen and oxygen atoms in total. The summed E-state index contributed by atoms with van der Waals surface area (Å²) in [5.41, 5.74) is 5.63. The zero-order valence-electron chi connectivity index (χ0n) is 13.2. The molecule has 0 aromatic heterocycles. The highest BCUT2D eigenvalue weighted by molar-refractivity contribution is 5.85. The summed E-state index contributed by atoms with van der Waals surface area (Å²) >= 11 is 0. The van der Waals surface area contributed by atoms with E-state index in [1.807, 2.05) is 6.92 Å². The van der Waals surface area contributed by atoms with Crippen LogP contribution in [0.2, 0.25) is 0 Å². The topological polar surface area (TPSA) is 98.3 Å². The van der Waals surface area contributed by atoms with Crippen LogP contribution in [0.1, 0.15) is 32.8 Å². The minimum atomic E-state index is -0.491. The minimum absolute atomic E-state index is 0. The molecule has 7 heteroatoms. The Morgan fingerprint density at radius 1 is 1.41 bits per heavy atom. The number of nitro groups is 1. The molecule has 3 N–H and O–H groups in total. The number of nitrogens with zero attached hydrogens (tertiary/aromatic N) is 1. The number of nitro benzene ring substituents is 1. The third kappa shape index (κ3) is 5.99. The molecule has 1 rings (SSSR count). The van der Waals surface area contributed by atoms with Crippen LogP contribution in [0, 0.1) is 16.0 Å². The van der Waals surface area contributed by atoms with E-state index in [0.717, 1.165) is 6.42 Å². The van der Waals surface area contributed by atoms with Crippen molar-refractivity contribution < 1.29 is 9.72 Å². The smallest absolute Gasteiger partial charge is 0.273 e. The molecule has 0 saturated heterocycles. The van der Waals surface area contributed by atoms with Crippen molar-refractivity contribution in [3.8, 4) is 0 Å². The van der Waals surface area contributed by atoms with Crippen LogP contribution in [0.5, 0.6) is 0 Å². The first kappa shape index (κ1) is 20.3. The number of benzene rings is 1. The second kappa shape index (κ2) is 8.70. The van der Waals surface area contributed by atoms with Crippen LogP contribution in [-0.2, 0) is 11.2 Å². The molecule has 1 aromatic carbocycles. The minimum Gasteiger partial charge on any atom is -0.349 e. The second-order valence-corrected chi connectivity index (χ2v) is 5.97. The fraction of sp³-hybridized carbons (Fsp3) is 0.533. The maximum Gasteiger partial charge on any atom is 0.273 e. The van der Waals surface area contributed by atoms with Gasteiger partial charge in [-0.2, -0.15) is 0 Å². The highest BCUT2D eigenvalue weighted by atomic mass is 35.5. The lowest BCUT2D eigenvalue weighted by molar-refractivity contribution is -0.385. The Balaban J connectivity index is 0.00000441. The summed E-state index contributed by atoms with van der Waals surface area (Å²) in [6.45, 7) is 6.34. The number of para-hydroxylation sites is 1. The molecule has 1 amide bonds. The summed E-state index contributed by atoms with van der Waals surface area (Å²) in [5, 5.41) is 13.8. The van der Waals surface area contributed by atoms with Gasteiger partial charge in [0.05, 0.1) is 11.3 Å². The van der Waals surface area contributed by atoms with Gasteiger partial charge in [-0.3, -0.25) is 14.9 Å². The van der Waals surface area contributed by atoms with Crippen molar-refractivity contribution in [1.29, 1.82) is 0 Å². The van der Waals surface area contributed by atoms with E-state index in [1.165, 1.54) is 6.07 Å². The number of halogens is 1. The Kier molecular flexibility index (Phi) is 8.05. The molecule has 22 heavy (non-hydrogen) atoms. The first-order chi connectivity index (χ1) is 9.77. The number of nitrogens with two attached hydrogens (primary N) is 1. The molecule has 0 aliphatic heterocycles. The lowest BCUT2D eigenvalue weighted by Gasteiger charge is -2.31. The molecule has 0 heterocycles. The van der Waals surface area contributed by atoms with Gasteiger partial charge in [0.25, 0.3) is 5.69 Å². The van der Waals surface area contributed by atoms with Gasteiger partial charge in [-0.15, -0.1) is 12.4 Å². The molecule has 0 fully saturated rings. The van der Waals surface area contributed by atoms with E-state index in [4.69, 9.17) is 5.73 Å². The molecule has 0 spiro atoms. The van der Waals surface area contributed by atoms with Gasteiger partial charge in [-0.05, 0) is 19.3 Å². The van der Waals surface area contributed by atoms with Crippen LogP contribution in [0.3, 0.4) is 0 Å². The van der Waals surface area contributed by atoms with Crippen molar-refractivity contribution in [2.45, 2.75) is 39.2 Å². The Labute approximate surface area is 137 Å². The van der Waals surface area contributed by atoms with Gasteiger partial charge in [0.2, 0.25) is 5.91 Å². The summed E-state index contributed by atoms with van der Waals surface area (Å²) in [7, 11) is 0. The number of amides is 1. The average Bonchev–Trinajstić information content (AvgIpc) is 2.37. The SMILES string of the molecule is CC(C)CC(C)(CN)NC(=O)Cc1ccccc1[N+](=O)[O-].Cl. The van der Waals surface area contributed by atoms with E-state index in [2.05, 4.69) is 19.2 Å². The number of rotatable bonds is 7. The van der Waals surface area contributed by atoms with E-state index >= 15 is 0 Å². The predicted octanol–water partition coefficient (Wildman–Crippen LogP) is 2.44. The lowest BCUT2D eigenvalue weighted by Crippen LogP contribution is -2.52. The molecule has 124 valence electrons. The van der Waals surface area contributed by atoms with Gasteiger partial charge in [-0.25, -0.2) is 0 Å². The van der Waals surface area contributed by atoms with E-state index in [9.17, 15) is 14.9 Å². The van der Waals surface area contributed by atoms with Crippen LogP contribution >= 0.6 is 12.4 Å². The van der Waals surface area contributed by atoms with Crippen LogP contribution in [-0.4, -0.2) is 22.9 Å². The number of carbonyl (C=O) groups excluding carboxylic acids is 1. The maximum atomic E-state index is 12.2. The number of hydrogen-bond acceptors (Lipinski definition) is 4. The molecular formula is C15H24ClN3O3. The molecule has 1 aromatic rings. The average molecular weight is 330 g/mol. The first-order valence-corrected chi connectivity index (χ1v) is 7.01. The predicted molar refractivity (Wildman–Crippen MR) is 89.1 cm³/mol. The number of carbonyl (C=O) groups is 1. The molecular weight excluding hydrogens is 306 g/mol. The van der Waals surface area contributed by atoms with Crippen molar-refractivity contribution in [3.05, 3.63) is 39.9 Å². The van der Waals surface area contributed by atoms with Crippen molar-refractivity contribution in [3.63, 3.8) is 0 Å². The monoisotopic (exact) mass is 329 g/mol. The van der Waals surface area contributed by atoms with Crippen LogP contribution in [0.25, 0.3) is 0 Å². The number of hydrogen-bond donors (Lipinski definition) is 2. The highest BCUT2D eigenvalue weighted by Crippen LogP contribution is 2.19. The Morgan fingerprint density at radius 3 is 2.50 bits per heavy atom. The van der Waals surface area contributed by atoms with E-state index in [1.54, 1.807) is 18.2 Å². The largest absolute Gasteiger partial charge is 0.349 e. The fourth-order valence-electron chi connectivity index (χ4n) is 2.48. The van der Waals surface area contributed by atoms with Crippen molar-refractivity contribution in [1.82, 2.24) is 5.32 Å². The summed E-state index contributed by atoms with van der Waals surface area (Å²) in [4.78, 5) is 22.6. The summed E-state index contributed by atoms with van der Waals surface area (Å²) in [6.07, 6.45) is 0.733. The maximum absolute atomic E-state index is 12.2. The van der Waals surface area contributed by atoms with E-state index in [-0.39, 0.29) is 30.4 Å². The van der Waals surface area contributed by atoms with Crippen LogP contribution < -0.4 is 11.1 Å². The first-order valence-electron chi connectivity index (χ1n) is 7.01. The van der Waals surface area contributed by atoms with Crippen molar-refractivity contribution in [2.24, 2.45) is 11.7 Å². The second-order valence-electron chi connectivity index (χ2n) is 5.97. The third-order valence-corrected chi connectivity index (χ3v) is 3.29. The third-order valence-electron chi connectivity index (χ3n) is 3.29. The summed E-state index contributed by atoms with van der Waals surface area (Å²) in [5.74, 6) is 0.141. The molecule has 0 aliphatic rings. The number of nitrogens with one attached hydrogen (secondary N) is 1. The van der Waals surface area contributed by atoms with Gasteiger partial charge in [0.15, 0.2) is 0 Å². The lowest BCUT2D eigenvalue weighted by atomic mass is 9.90. The molecule has 1 unspecified atom stereocenters. The van der Waals surface area contributed by atoms with E-state index in [0.29, 0.717) is 18.0 Å². The standard InChI is InChI=1S/C15H23N3O3.ClH/c1-11(2)9-15(3,10-16)17-14(19)8-12-6-4-5-7-13(12)18(20)21;/h4-7,11H,8-10,16H2,1-3H3,(H,17,19);1H. The Hall–Kier alpha value is -1.66. The van der Waals surface area contributed by atoms with Crippen molar-refractivity contribution in [2.75, 3.05) is 6.54 Å². The summed E-state index contributed by atoms with van der Waals surface area (Å²) in [6, 6.07) is 6.27. The zero-order chi connectivity index (χ0) is 16.0.